The summed E-state index contributed by atoms with van der Waals surface area (Å²) in [6, 6.07) is 21.2. The number of amides is 1. The molecule has 2 aromatic carbocycles. The first-order valence-corrected chi connectivity index (χ1v) is 10.5. The van der Waals surface area contributed by atoms with E-state index in [2.05, 4.69) is 22.1 Å². The van der Waals surface area contributed by atoms with E-state index in [-0.39, 0.29) is 25.0 Å². The van der Waals surface area contributed by atoms with Crippen LogP contribution in [0.15, 0.2) is 72.9 Å². The minimum Gasteiger partial charge on any atom is -0.481 e. The molecule has 1 aromatic heterocycles. The third kappa shape index (κ3) is 4.95. The van der Waals surface area contributed by atoms with E-state index in [0.29, 0.717) is 23.7 Å². The molecule has 1 aliphatic heterocycles. The van der Waals surface area contributed by atoms with Crippen molar-refractivity contribution in [3.8, 4) is 5.88 Å². The van der Waals surface area contributed by atoms with Gasteiger partial charge in [0.2, 0.25) is 5.88 Å². The average Bonchev–Trinajstić information content (AvgIpc) is 2.81. The van der Waals surface area contributed by atoms with Gasteiger partial charge in [-0.1, -0.05) is 60.7 Å². The third-order valence-corrected chi connectivity index (χ3v) is 5.63. The number of hydrogen-bond donors (Lipinski definition) is 2. The van der Waals surface area contributed by atoms with Crippen molar-refractivity contribution in [3.05, 3.63) is 89.6 Å². The van der Waals surface area contributed by atoms with Crippen molar-refractivity contribution in [3.63, 3.8) is 0 Å². The number of anilines is 1. The number of hydrogen-bond acceptors (Lipinski definition) is 5. The van der Waals surface area contributed by atoms with Crippen LogP contribution in [0.3, 0.4) is 0 Å². The molecule has 1 aliphatic rings. The number of ether oxygens (including phenoxy) is 1. The molecule has 2 atom stereocenters. The van der Waals surface area contributed by atoms with Crippen LogP contribution in [-0.4, -0.2) is 33.5 Å². The first kappa shape index (κ1) is 21.5. The molecule has 3 aromatic rings. The zero-order valence-corrected chi connectivity index (χ0v) is 17.8. The first-order chi connectivity index (χ1) is 15.5. The Labute approximate surface area is 186 Å². The van der Waals surface area contributed by atoms with E-state index in [4.69, 9.17) is 4.74 Å². The first-order valence-electron chi connectivity index (χ1n) is 10.5. The second-order valence-corrected chi connectivity index (χ2v) is 7.82. The van der Waals surface area contributed by atoms with Gasteiger partial charge in [-0.3, -0.25) is 14.5 Å². The van der Waals surface area contributed by atoms with E-state index < -0.39 is 12.0 Å². The van der Waals surface area contributed by atoms with Crippen LogP contribution < -0.4 is 10.1 Å². The number of pyridine rings is 1. The highest BCUT2D eigenvalue weighted by Gasteiger charge is 2.30. The van der Waals surface area contributed by atoms with E-state index in [9.17, 15) is 14.7 Å². The Morgan fingerprint density at radius 3 is 2.50 bits per heavy atom. The van der Waals surface area contributed by atoms with Crippen LogP contribution in [0.5, 0.6) is 5.88 Å². The Bertz CT molecular complexity index is 1090. The van der Waals surface area contributed by atoms with Crippen LogP contribution in [0.2, 0.25) is 0 Å². The highest BCUT2D eigenvalue weighted by Crippen LogP contribution is 2.37. The number of benzene rings is 2. The molecule has 0 saturated carbocycles. The Kier molecular flexibility index (Phi) is 6.47. The normalized spacial score (nSPS) is 14.8. The van der Waals surface area contributed by atoms with Crippen molar-refractivity contribution >= 4 is 17.6 Å². The van der Waals surface area contributed by atoms with Gasteiger partial charge in [-0.05, 0) is 29.7 Å². The molecule has 2 N–H and O–H groups in total. The van der Waals surface area contributed by atoms with E-state index in [0.717, 1.165) is 11.1 Å². The molecule has 0 spiro atoms. The topological polar surface area (TPSA) is 91.8 Å². The number of aliphatic carboxylic acids is 1. The number of aromatic nitrogens is 1. The minimum atomic E-state index is -0.911. The molecule has 2 heterocycles. The van der Waals surface area contributed by atoms with Crippen molar-refractivity contribution in [1.29, 1.82) is 0 Å². The van der Waals surface area contributed by atoms with Gasteiger partial charge in [0.25, 0.3) is 5.91 Å². The fraction of sp³-hybridized carbons (Fsp3) is 0.240. The predicted octanol–water partition coefficient (Wildman–Crippen LogP) is 4.19. The number of rotatable bonds is 8. The van der Waals surface area contributed by atoms with Gasteiger partial charge >= 0.3 is 5.97 Å². The number of nitrogens with one attached hydrogen (secondary N) is 1. The summed E-state index contributed by atoms with van der Waals surface area (Å²) in [5, 5.41) is 12.5. The van der Waals surface area contributed by atoms with Gasteiger partial charge < -0.3 is 15.2 Å². The summed E-state index contributed by atoms with van der Waals surface area (Å²) in [6.07, 6.45) is 1.53. The van der Waals surface area contributed by atoms with Crippen molar-refractivity contribution in [2.75, 3.05) is 11.9 Å². The lowest BCUT2D eigenvalue weighted by Crippen LogP contribution is -2.33. The minimum absolute atomic E-state index is 0.0670. The molecule has 7 heteroatoms. The molecule has 0 aliphatic carbocycles. The lowest BCUT2D eigenvalue weighted by Gasteiger charge is -2.37. The molecule has 0 bridgehead atoms. The molecule has 7 nitrogen and oxygen atoms in total. The summed E-state index contributed by atoms with van der Waals surface area (Å²) >= 11 is 0. The number of carboxylic acid groups (broad SMARTS) is 1. The third-order valence-electron chi connectivity index (χ3n) is 5.63. The zero-order valence-electron chi connectivity index (χ0n) is 17.8. The summed E-state index contributed by atoms with van der Waals surface area (Å²) in [7, 11) is 0. The van der Waals surface area contributed by atoms with Crippen LogP contribution >= 0.6 is 0 Å². The molecular formula is C25H25N3O4. The average molecular weight is 431 g/mol. The van der Waals surface area contributed by atoms with Crippen LogP contribution in [-0.2, 0) is 16.1 Å². The Hall–Kier alpha value is -3.71. The van der Waals surface area contributed by atoms with Gasteiger partial charge in [0.1, 0.15) is 5.69 Å². The van der Waals surface area contributed by atoms with Crippen molar-refractivity contribution in [1.82, 2.24) is 9.88 Å². The monoisotopic (exact) mass is 431 g/mol. The van der Waals surface area contributed by atoms with Gasteiger partial charge in [-0.2, -0.15) is 0 Å². The maximum Gasteiger partial charge on any atom is 0.305 e. The van der Waals surface area contributed by atoms with Gasteiger partial charge in [0.05, 0.1) is 6.42 Å². The SMILES string of the molecule is C[C@H](c1ccccc1)N(Cc1ccccc1)[C@@H](CC(=O)O)c1cnc2c(c1)NC(=O)CO2. The Balaban J connectivity index is 1.76. The van der Waals surface area contributed by atoms with Gasteiger partial charge in [-0.25, -0.2) is 4.98 Å². The largest absolute Gasteiger partial charge is 0.481 e. The molecule has 32 heavy (non-hydrogen) atoms. The molecule has 0 radical (unpaired) electrons. The number of fused-ring (bicyclic) bond motifs is 1. The maximum absolute atomic E-state index is 11.9. The van der Waals surface area contributed by atoms with Crippen molar-refractivity contribution < 1.29 is 19.4 Å². The fourth-order valence-corrected chi connectivity index (χ4v) is 4.00. The molecule has 0 unspecified atom stereocenters. The molecular weight excluding hydrogens is 406 g/mol. The molecule has 1 amide bonds. The standard InChI is InChI=1S/C25H25N3O4/c1-17(19-10-6-3-7-11-19)28(15-18-8-4-2-5-9-18)22(13-24(30)31)20-12-21-25(26-14-20)32-16-23(29)27-21/h2-12,14,17,22H,13,15-16H2,1H3,(H,27,29)(H,30,31)/t17-,22+/m1/s1. The van der Waals surface area contributed by atoms with Crippen LogP contribution in [0, 0.1) is 0 Å². The van der Waals surface area contributed by atoms with Crippen LogP contribution in [0.1, 0.15) is 42.1 Å². The van der Waals surface area contributed by atoms with E-state index >= 15 is 0 Å². The summed E-state index contributed by atoms with van der Waals surface area (Å²) < 4.78 is 5.37. The second kappa shape index (κ2) is 9.62. The quantitative estimate of drug-likeness (QED) is 0.556. The molecule has 164 valence electrons. The lowest BCUT2D eigenvalue weighted by atomic mass is 9.97. The molecule has 0 saturated heterocycles. The van der Waals surface area contributed by atoms with Crippen molar-refractivity contribution in [2.24, 2.45) is 0 Å². The smallest absolute Gasteiger partial charge is 0.305 e. The molecule has 4 rings (SSSR count). The van der Waals surface area contributed by atoms with Gasteiger partial charge in [-0.15, -0.1) is 0 Å². The number of carbonyl (C=O) groups is 2. The van der Waals surface area contributed by atoms with Crippen molar-refractivity contribution in [2.45, 2.75) is 32.0 Å². The lowest BCUT2D eigenvalue weighted by molar-refractivity contribution is -0.139. The summed E-state index contributed by atoms with van der Waals surface area (Å²) in [5.41, 5.74) is 3.33. The highest BCUT2D eigenvalue weighted by atomic mass is 16.5. The summed E-state index contributed by atoms with van der Waals surface area (Å²) in [5.74, 6) is -0.829. The van der Waals surface area contributed by atoms with E-state index in [1.807, 2.05) is 60.7 Å². The van der Waals surface area contributed by atoms with Gasteiger partial charge in [0.15, 0.2) is 6.61 Å². The zero-order chi connectivity index (χ0) is 22.5. The summed E-state index contributed by atoms with van der Waals surface area (Å²) in [6.45, 7) is 2.54. The Morgan fingerprint density at radius 1 is 1.12 bits per heavy atom. The Morgan fingerprint density at radius 2 is 1.81 bits per heavy atom. The second-order valence-electron chi connectivity index (χ2n) is 7.82. The fourth-order valence-electron chi connectivity index (χ4n) is 4.00. The maximum atomic E-state index is 11.9. The highest BCUT2D eigenvalue weighted by molar-refractivity contribution is 5.94. The van der Waals surface area contributed by atoms with Gasteiger partial charge in [0, 0.05) is 24.8 Å². The van der Waals surface area contributed by atoms with Crippen LogP contribution in [0.25, 0.3) is 0 Å². The van der Waals surface area contributed by atoms with E-state index in [1.54, 1.807) is 12.3 Å². The van der Waals surface area contributed by atoms with E-state index in [1.165, 1.54) is 0 Å². The number of nitrogens with zero attached hydrogens (tertiary/aromatic N) is 2. The van der Waals surface area contributed by atoms with Crippen LogP contribution in [0.4, 0.5) is 5.69 Å². The summed E-state index contributed by atoms with van der Waals surface area (Å²) in [4.78, 5) is 30.2. The number of carboxylic acids is 1. The molecule has 0 fully saturated rings. The number of carbonyl (C=O) groups excluding carboxylic acids is 1. The predicted molar refractivity (Wildman–Crippen MR) is 120 cm³/mol.